The molecule has 0 bridgehead atoms. The van der Waals surface area contributed by atoms with E-state index in [1.807, 2.05) is 65.3 Å². The number of amides is 1. The number of halogens is 1. The van der Waals surface area contributed by atoms with Crippen LogP contribution in [-0.2, 0) is 32.0 Å². The van der Waals surface area contributed by atoms with E-state index in [0.29, 0.717) is 37.7 Å². The second-order valence-corrected chi connectivity index (χ2v) is 9.53. The summed E-state index contributed by atoms with van der Waals surface area (Å²) in [5, 5.41) is 14.4. The molecular weight excluding hydrogens is 494 g/mol. The maximum absolute atomic E-state index is 12.2. The molecule has 2 atom stereocenters. The molecule has 0 aliphatic heterocycles. The SMILES string of the molecule is CC(C)n1nccc1C(Cc1ccc(Cl)cc1)C(CC(=O)NO)OCCCOCOCc1ccccc1. The summed E-state index contributed by atoms with van der Waals surface area (Å²) in [5.74, 6) is -0.689. The number of rotatable bonds is 16. The van der Waals surface area contributed by atoms with Gasteiger partial charge in [0.2, 0.25) is 5.91 Å². The summed E-state index contributed by atoms with van der Waals surface area (Å²) in [7, 11) is 0. The molecule has 0 radical (unpaired) electrons. The fourth-order valence-electron chi connectivity index (χ4n) is 4.14. The summed E-state index contributed by atoms with van der Waals surface area (Å²) < 4.78 is 19.3. The fourth-order valence-corrected chi connectivity index (χ4v) is 4.27. The van der Waals surface area contributed by atoms with Crippen LogP contribution >= 0.6 is 11.6 Å². The fraction of sp³-hybridized carbons (Fsp3) is 0.429. The minimum absolute atomic E-state index is 0.000917. The highest BCUT2D eigenvalue weighted by molar-refractivity contribution is 6.30. The van der Waals surface area contributed by atoms with Crippen LogP contribution in [0.25, 0.3) is 0 Å². The number of hydroxylamine groups is 1. The van der Waals surface area contributed by atoms with Gasteiger partial charge in [0.25, 0.3) is 0 Å². The van der Waals surface area contributed by atoms with Crippen LogP contribution in [0.15, 0.2) is 66.9 Å². The number of nitrogens with zero attached hydrogens (tertiary/aromatic N) is 2. The van der Waals surface area contributed by atoms with Gasteiger partial charge >= 0.3 is 0 Å². The van der Waals surface area contributed by atoms with Gasteiger partial charge in [-0.25, -0.2) is 5.48 Å². The summed E-state index contributed by atoms with van der Waals surface area (Å²) in [6.07, 6.45) is 2.51. The molecule has 1 heterocycles. The average molecular weight is 530 g/mol. The van der Waals surface area contributed by atoms with E-state index in [9.17, 15) is 10.0 Å². The zero-order valence-electron chi connectivity index (χ0n) is 21.4. The molecule has 2 N–H and O–H groups in total. The van der Waals surface area contributed by atoms with E-state index >= 15 is 0 Å². The number of carbonyl (C=O) groups excluding carboxylic acids is 1. The summed E-state index contributed by atoms with van der Waals surface area (Å²) in [6, 6.07) is 19.6. The highest BCUT2D eigenvalue weighted by Crippen LogP contribution is 2.30. The van der Waals surface area contributed by atoms with Crippen molar-refractivity contribution >= 4 is 17.5 Å². The maximum Gasteiger partial charge on any atom is 0.245 e. The van der Waals surface area contributed by atoms with Crippen LogP contribution < -0.4 is 5.48 Å². The largest absolute Gasteiger partial charge is 0.377 e. The Bertz CT molecular complexity index is 1060. The molecular formula is C28H36ClN3O5. The van der Waals surface area contributed by atoms with Crippen LogP contribution in [0.2, 0.25) is 5.02 Å². The van der Waals surface area contributed by atoms with Crippen molar-refractivity contribution in [2.24, 2.45) is 0 Å². The smallest absolute Gasteiger partial charge is 0.245 e. The Balaban J connectivity index is 1.61. The van der Waals surface area contributed by atoms with E-state index in [-0.39, 0.29) is 25.2 Å². The Morgan fingerprint density at radius 1 is 1.03 bits per heavy atom. The van der Waals surface area contributed by atoms with E-state index in [4.69, 9.17) is 25.8 Å². The van der Waals surface area contributed by atoms with Crippen LogP contribution in [0.1, 0.15) is 55.5 Å². The van der Waals surface area contributed by atoms with Gasteiger partial charge in [-0.2, -0.15) is 5.10 Å². The van der Waals surface area contributed by atoms with Crippen molar-refractivity contribution in [1.29, 1.82) is 0 Å². The summed E-state index contributed by atoms with van der Waals surface area (Å²) in [4.78, 5) is 12.2. The average Bonchev–Trinajstić information content (AvgIpc) is 3.40. The molecule has 0 saturated carbocycles. The van der Waals surface area contributed by atoms with Gasteiger partial charge in [0.15, 0.2) is 0 Å². The lowest BCUT2D eigenvalue weighted by Gasteiger charge is -2.29. The minimum Gasteiger partial charge on any atom is -0.377 e. The van der Waals surface area contributed by atoms with E-state index in [2.05, 4.69) is 18.9 Å². The second kappa shape index (κ2) is 15.5. The zero-order chi connectivity index (χ0) is 26.5. The van der Waals surface area contributed by atoms with Crippen LogP contribution in [0.4, 0.5) is 0 Å². The molecule has 1 amide bonds. The number of hydrogen-bond acceptors (Lipinski definition) is 6. The van der Waals surface area contributed by atoms with Crippen LogP contribution in [0.3, 0.4) is 0 Å². The van der Waals surface area contributed by atoms with Crippen molar-refractivity contribution < 1.29 is 24.2 Å². The number of carbonyl (C=O) groups is 1. The molecule has 200 valence electrons. The van der Waals surface area contributed by atoms with Gasteiger partial charge in [-0.15, -0.1) is 0 Å². The van der Waals surface area contributed by atoms with Gasteiger partial charge in [-0.3, -0.25) is 14.7 Å². The number of nitrogens with one attached hydrogen (secondary N) is 1. The summed E-state index contributed by atoms with van der Waals surface area (Å²) >= 11 is 6.09. The van der Waals surface area contributed by atoms with E-state index in [1.165, 1.54) is 0 Å². The Morgan fingerprint density at radius 3 is 2.49 bits per heavy atom. The van der Waals surface area contributed by atoms with E-state index in [0.717, 1.165) is 16.8 Å². The first kappa shape index (κ1) is 28.8. The van der Waals surface area contributed by atoms with E-state index in [1.54, 1.807) is 11.7 Å². The predicted octanol–water partition coefficient (Wildman–Crippen LogP) is 5.31. The molecule has 2 aromatic carbocycles. The molecule has 0 saturated heterocycles. The number of hydrogen-bond donors (Lipinski definition) is 2. The first-order valence-corrected chi connectivity index (χ1v) is 12.9. The van der Waals surface area contributed by atoms with Crippen molar-refractivity contribution in [2.75, 3.05) is 20.0 Å². The molecule has 8 nitrogen and oxygen atoms in total. The van der Waals surface area contributed by atoms with Crippen molar-refractivity contribution in [1.82, 2.24) is 15.3 Å². The van der Waals surface area contributed by atoms with Gasteiger partial charge in [-0.05, 0) is 56.0 Å². The molecule has 0 aliphatic carbocycles. The molecule has 0 fully saturated rings. The molecule has 37 heavy (non-hydrogen) atoms. The molecule has 9 heteroatoms. The summed E-state index contributed by atoms with van der Waals surface area (Å²) in [6.45, 7) is 5.64. The van der Waals surface area contributed by atoms with Crippen molar-refractivity contribution in [3.8, 4) is 0 Å². The quantitative estimate of drug-likeness (QED) is 0.113. The topological polar surface area (TPSA) is 94.8 Å². The van der Waals surface area contributed by atoms with Crippen LogP contribution in [-0.4, -0.2) is 47.0 Å². The third-order valence-corrected chi connectivity index (χ3v) is 6.19. The molecule has 3 rings (SSSR count). The first-order valence-electron chi connectivity index (χ1n) is 12.5. The third-order valence-electron chi connectivity index (χ3n) is 5.94. The van der Waals surface area contributed by atoms with Crippen molar-refractivity contribution in [2.45, 2.75) is 57.8 Å². The molecule has 2 unspecified atom stereocenters. The van der Waals surface area contributed by atoms with Gasteiger partial charge in [0, 0.05) is 35.5 Å². The maximum atomic E-state index is 12.2. The van der Waals surface area contributed by atoms with Gasteiger partial charge in [-0.1, -0.05) is 54.1 Å². The number of ether oxygens (including phenoxy) is 3. The van der Waals surface area contributed by atoms with Crippen molar-refractivity contribution in [3.63, 3.8) is 0 Å². The zero-order valence-corrected chi connectivity index (χ0v) is 22.1. The lowest BCUT2D eigenvalue weighted by atomic mass is 9.88. The highest BCUT2D eigenvalue weighted by atomic mass is 35.5. The highest BCUT2D eigenvalue weighted by Gasteiger charge is 2.30. The molecule has 0 spiro atoms. The number of aromatic nitrogens is 2. The lowest BCUT2D eigenvalue weighted by Crippen LogP contribution is -2.33. The Kier molecular flexibility index (Phi) is 12.1. The summed E-state index contributed by atoms with van der Waals surface area (Å²) in [5.41, 5.74) is 4.85. The minimum atomic E-state index is -0.507. The van der Waals surface area contributed by atoms with Gasteiger partial charge in [0.05, 0.1) is 25.7 Å². The van der Waals surface area contributed by atoms with Crippen LogP contribution in [0.5, 0.6) is 0 Å². The third kappa shape index (κ3) is 9.57. The predicted molar refractivity (Wildman–Crippen MR) is 141 cm³/mol. The molecule has 0 aliphatic rings. The Hall–Kier alpha value is -2.75. The van der Waals surface area contributed by atoms with Crippen LogP contribution in [0, 0.1) is 0 Å². The van der Waals surface area contributed by atoms with Gasteiger partial charge < -0.3 is 14.2 Å². The van der Waals surface area contributed by atoms with Gasteiger partial charge in [0.1, 0.15) is 6.79 Å². The Labute approximate surface area is 223 Å². The second-order valence-electron chi connectivity index (χ2n) is 9.09. The Morgan fingerprint density at radius 2 is 1.78 bits per heavy atom. The number of benzene rings is 2. The van der Waals surface area contributed by atoms with Crippen molar-refractivity contribution in [3.05, 3.63) is 88.7 Å². The monoisotopic (exact) mass is 529 g/mol. The molecule has 3 aromatic rings. The molecule has 1 aromatic heterocycles. The standard InChI is InChI=1S/C28H36ClN3O5/c1-21(2)32-26(13-14-30-32)25(17-22-9-11-24(29)12-10-22)27(18-28(33)31-34)37-16-6-15-35-20-36-19-23-7-4-3-5-8-23/h3-5,7-14,21,25,27,34H,6,15-20H2,1-2H3,(H,31,33). The lowest BCUT2D eigenvalue weighted by molar-refractivity contribution is -0.133. The van der Waals surface area contributed by atoms with E-state index < -0.39 is 12.0 Å². The first-order chi connectivity index (χ1) is 18.0. The normalized spacial score (nSPS) is 13.0.